The summed E-state index contributed by atoms with van der Waals surface area (Å²) < 4.78 is 6.42. The van der Waals surface area contributed by atoms with E-state index in [0.29, 0.717) is 6.61 Å². The highest BCUT2D eigenvalue weighted by atomic mass is 16.5. The SMILES string of the molecule is C=CC(=O)n1cccc1COC. The average molecular weight is 165 g/mol. The molecule has 0 N–H and O–H groups in total. The molecule has 1 aromatic heterocycles. The molecular weight excluding hydrogens is 154 g/mol. The minimum Gasteiger partial charge on any atom is -0.378 e. The molecule has 64 valence electrons. The van der Waals surface area contributed by atoms with Crippen molar-refractivity contribution >= 4 is 5.91 Å². The van der Waals surface area contributed by atoms with Crippen LogP contribution in [0.25, 0.3) is 0 Å². The molecular formula is C9H11NO2. The quantitative estimate of drug-likeness (QED) is 0.635. The van der Waals surface area contributed by atoms with Gasteiger partial charge in [0.15, 0.2) is 0 Å². The summed E-state index contributed by atoms with van der Waals surface area (Å²) in [5.41, 5.74) is 0.836. The van der Waals surface area contributed by atoms with E-state index in [4.69, 9.17) is 4.74 Å². The summed E-state index contributed by atoms with van der Waals surface area (Å²) >= 11 is 0. The van der Waals surface area contributed by atoms with Crippen LogP contribution < -0.4 is 0 Å². The molecule has 0 spiro atoms. The van der Waals surface area contributed by atoms with Gasteiger partial charge in [-0.15, -0.1) is 0 Å². The van der Waals surface area contributed by atoms with Gasteiger partial charge in [0.1, 0.15) is 0 Å². The van der Waals surface area contributed by atoms with Crippen molar-refractivity contribution in [2.75, 3.05) is 7.11 Å². The van der Waals surface area contributed by atoms with Crippen LogP contribution in [0.3, 0.4) is 0 Å². The Kier molecular flexibility index (Phi) is 2.82. The number of nitrogens with zero attached hydrogens (tertiary/aromatic N) is 1. The Morgan fingerprint density at radius 1 is 1.83 bits per heavy atom. The molecule has 0 aliphatic heterocycles. The molecule has 0 bridgehead atoms. The zero-order chi connectivity index (χ0) is 8.97. The fourth-order valence-electron chi connectivity index (χ4n) is 0.995. The fourth-order valence-corrected chi connectivity index (χ4v) is 0.995. The van der Waals surface area contributed by atoms with E-state index in [9.17, 15) is 4.79 Å². The molecule has 0 unspecified atom stereocenters. The van der Waals surface area contributed by atoms with Crippen LogP contribution in [0.5, 0.6) is 0 Å². The van der Waals surface area contributed by atoms with Crippen molar-refractivity contribution in [2.45, 2.75) is 6.61 Å². The number of allylic oxidation sites excluding steroid dienone is 1. The Labute approximate surface area is 71.3 Å². The van der Waals surface area contributed by atoms with E-state index >= 15 is 0 Å². The number of aromatic nitrogens is 1. The van der Waals surface area contributed by atoms with E-state index in [1.54, 1.807) is 19.4 Å². The first-order valence-electron chi connectivity index (χ1n) is 3.61. The molecule has 0 radical (unpaired) electrons. The van der Waals surface area contributed by atoms with Crippen molar-refractivity contribution in [3.63, 3.8) is 0 Å². The highest BCUT2D eigenvalue weighted by Gasteiger charge is 2.04. The number of carbonyl (C=O) groups excluding carboxylic acids is 1. The largest absolute Gasteiger partial charge is 0.378 e. The molecule has 1 aromatic rings. The number of methoxy groups -OCH3 is 1. The molecule has 0 aliphatic rings. The predicted molar refractivity (Wildman–Crippen MR) is 46.0 cm³/mol. The van der Waals surface area contributed by atoms with Crippen LogP contribution in [0.2, 0.25) is 0 Å². The molecule has 1 rings (SSSR count). The zero-order valence-corrected chi connectivity index (χ0v) is 6.99. The Balaban J connectivity index is 2.90. The van der Waals surface area contributed by atoms with Crippen molar-refractivity contribution in [1.29, 1.82) is 0 Å². The summed E-state index contributed by atoms with van der Waals surface area (Å²) in [5, 5.41) is 0. The Morgan fingerprint density at radius 3 is 3.17 bits per heavy atom. The number of hydrogen-bond acceptors (Lipinski definition) is 2. The Hall–Kier alpha value is -1.35. The molecule has 0 atom stereocenters. The van der Waals surface area contributed by atoms with Crippen LogP contribution >= 0.6 is 0 Å². The van der Waals surface area contributed by atoms with Gasteiger partial charge in [0.25, 0.3) is 5.91 Å². The van der Waals surface area contributed by atoms with Gasteiger partial charge in [-0.2, -0.15) is 0 Å². The van der Waals surface area contributed by atoms with Gasteiger partial charge in [-0.05, 0) is 18.2 Å². The van der Waals surface area contributed by atoms with Gasteiger partial charge in [-0.3, -0.25) is 9.36 Å². The summed E-state index contributed by atoms with van der Waals surface area (Å²) in [5.74, 6) is -0.132. The maximum atomic E-state index is 11.2. The summed E-state index contributed by atoms with van der Waals surface area (Å²) in [4.78, 5) is 11.2. The van der Waals surface area contributed by atoms with Crippen LogP contribution in [0.1, 0.15) is 10.5 Å². The average Bonchev–Trinajstić information content (AvgIpc) is 2.52. The van der Waals surface area contributed by atoms with Gasteiger partial charge >= 0.3 is 0 Å². The molecule has 1 heterocycles. The van der Waals surface area contributed by atoms with Crippen molar-refractivity contribution in [1.82, 2.24) is 4.57 Å². The molecule has 12 heavy (non-hydrogen) atoms. The summed E-state index contributed by atoms with van der Waals surface area (Å²) in [6, 6.07) is 3.64. The van der Waals surface area contributed by atoms with Crippen LogP contribution in [0, 0.1) is 0 Å². The molecule has 0 saturated heterocycles. The van der Waals surface area contributed by atoms with E-state index in [0.717, 1.165) is 5.69 Å². The topological polar surface area (TPSA) is 31.2 Å². The number of ether oxygens (including phenoxy) is 1. The van der Waals surface area contributed by atoms with Crippen LogP contribution in [0.4, 0.5) is 0 Å². The van der Waals surface area contributed by atoms with Gasteiger partial charge in [0.2, 0.25) is 0 Å². The van der Waals surface area contributed by atoms with Gasteiger partial charge < -0.3 is 4.74 Å². The van der Waals surface area contributed by atoms with E-state index in [1.165, 1.54) is 10.6 Å². The Morgan fingerprint density at radius 2 is 2.58 bits per heavy atom. The third kappa shape index (κ3) is 1.62. The third-order valence-electron chi connectivity index (χ3n) is 1.54. The Bertz CT molecular complexity index is 288. The second kappa shape index (κ2) is 3.88. The highest BCUT2D eigenvalue weighted by molar-refractivity contribution is 5.89. The van der Waals surface area contributed by atoms with E-state index in [-0.39, 0.29) is 5.91 Å². The maximum Gasteiger partial charge on any atom is 0.254 e. The van der Waals surface area contributed by atoms with E-state index in [2.05, 4.69) is 6.58 Å². The van der Waals surface area contributed by atoms with Gasteiger partial charge in [-0.1, -0.05) is 6.58 Å². The zero-order valence-electron chi connectivity index (χ0n) is 6.99. The van der Waals surface area contributed by atoms with Gasteiger partial charge in [0, 0.05) is 13.3 Å². The molecule has 0 aliphatic carbocycles. The summed E-state index contributed by atoms with van der Waals surface area (Å²) in [6.45, 7) is 3.84. The molecule has 0 saturated carbocycles. The van der Waals surface area contributed by atoms with Crippen molar-refractivity contribution < 1.29 is 9.53 Å². The van der Waals surface area contributed by atoms with Gasteiger partial charge in [-0.25, -0.2) is 0 Å². The lowest BCUT2D eigenvalue weighted by Crippen LogP contribution is -2.09. The smallest absolute Gasteiger partial charge is 0.254 e. The monoisotopic (exact) mass is 165 g/mol. The minimum absolute atomic E-state index is 0.132. The second-order valence-electron chi connectivity index (χ2n) is 2.34. The molecule has 0 fully saturated rings. The molecule has 0 amide bonds. The first-order valence-corrected chi connectivity index (χ1v) is 3.61. The number of hydrogen-bond donors (Lipinski definition) is 0. The van der Waals surface area contributed by atoms with Crippen molar-refractivity contribution in [3.8, 4) is 0 Å². The molecule has 3 nitrogen and oxygen atoms in total. The second-order valence-corrected chi connectivity index (χ2v) is 2.34. The summed E-state index contributed by atoms with van der Waals surface area (Å²) in [7, 11) is 1.59. The normalized spacial score (nSPS) is 9.75. The van der Waals surface area contributed by atoms with Gasteiger partial charge in [0.05, 0.1) is 12.3 Å². The fraction of sp³-hybridized carbons (Fsp3) is 0.222. The summed E-state index contributed by atoms with van der Waals surface area (Å²) in [6.07, 6.45) is 2.97. The number of rotatable bonds is 3. The first-order chi connectivity index (χ1) is 5.79. The van der Waals surface area contributed by atoms with E-state index < -0.39 is 0 Å². The minimum atomic E-state index is -0.132. The standard InChI is InChI=1S/C9H11NO2/c1-3-9(11)10-6-4-5-8(10)7-12-2/h3-6H,1,7H2,2H3. The van der Waals surface area contributed by atoms with Crippen LogP contribution in [-0.4, -0.2) is 17.6 Å². The number of carbonyl (C=O) groups is 1. The van der Waals surface area contributed by atoms with Crippen molar-refractivity contribution in [3.05, 3.63) is 36.7 Å². The highest BCUT2D eigenvalue weighted by Crippen LogP contribution is 2.03. The third-order valence-corrected chi connectivity index (χ3v) is 1.54. The van der Waals surface area contributed by atoms with Crippen LogP contribution in [0.15, 0.2) is 31.0 Å². The lowest BCUT2D eigenvalue weighted by molar-refractivity contribution is 0.0954. The predicted octanol–water partition coefficient (Wildman–Crippen LogP) is 1.46. The molecule has 3 heteroatoms. The lowest BCUT2D eigenvalue weighted by atomic mass is 10.4. The maximum absolute atomic E-state index is 11.2. The van der Waals surface area contributed by atoms with Crippen LogP contribution in [-0.2, 0) is 11.3 Å². The first kappa shape index (κ1) is 8.74. The lowest BCUT2D eigenvalue weighted by Gasteiger charge is -2.02. The van der Waals surface area contributed by atoms with Crippen molar-refractivity contribution in [2.24, 2.45) is 0 Å². The molecule has 0 aromatic carbocycles. The van der Waals surface area contributed by atoms with E-state index in [1.807, 2.05) is 6.07 Å².